The van der Waals surface area contributed by atoms with Crippen LogP contribution in [0.5, 0.6) is 0 Å². The fraction of sp³-hybridized carbons (Fsp3) is 0.906. The molecule has 0 radical (unpaired) electrons. The van der Waals surface area contributed by atoms with Gasteiger partial charge >= 0.3 is 0 Å². The molecule has 0 bridgehead atoms. The lowest BCUT2D eigenvalue weighted by Crippen LogP contribution is -2.51. The summed E-state index contributed by atoms with van der Waals surface area (Å²) in [5.41, 5.74) is -0.439. The third-order valence-electron chi connectivity index (χ3n) is 8.02. The van der Waals surface area contributed by atoms with E-state index in [0.717, 1.165) is 38.5 Å². The predicted molar refractivity (Wildman–Crippen MR) is 162 cm³/mol. The molecule has 1 aliphatic rings. The fourth-order valence-electron chi connectivity index (χ4n) is 5.86. The molecular weight excluding hydrogens is 540 g/mol. The molecule has 1 fully saturated rings. The highest BCUT2D eigenvalue weighted by molar-refractivity contribution is 5.78. The third kappa shape index (κ3) is 15.8. The highest BCUT2D eigenvalue weighted by Crippen LogP contribution is 2.38. The molecule has 5 atom stereocenters. The monoisotopic (exact) mass is 600 g/mol. The average molecular weight is 601 g/mol. The number of nitrogens with one attached hydrogen (secondary N) is 2. The van der Waals surface area contributed by atoms with Crippen LogP contribution in [0.25, 0.3) is 0 Å². The number of ether oxygens (including phenoxy) is 2. The number of carbonyl (C=O) groups excluding carboxylic acids is 3. The number of hydrogen-bond donors (Lipinski definition) is 5. The van der Waals surface area contributed by atoms with Crippen molar-refractivity contribution >= 4 is 17.6 Å². The van der Waals surface area contributed by atoms with Crippen LogP contribution in [0.3, 0.4) is 0 Å². The molecule has 10 heteroatoms. The molecule has 0 spiro atoms. The normalized spacial score (nSPS) is 22.5. The van der Waals surface area contributed by atoms with E-state index in [4.69, 9.17) is 9.47 Å². The zero-order chi connectivity index (χ0) is 32.1. The number of amides is 2. The van der Waals surface area contributed by atoms with Crippen LogP contribution in [0.2, 0.25) is 0 Å². The van der Waals surface area contributed by atoms with Crippen molar-refractivity contribution in [1.82, 2.24) is 10.6 Å². The Morgan fingerprint density at radius 3 is 2.24 bits per heavy atom. The van der Waals surface area contributed by atoms with E-state index in [2.05, 4.69) is 38.3 Å². The van der Waals surface area contributed by atoms with E-state index in [0.29, 0.717) is 32.5 Å². The van der Waals surface area contributed by atoms with Crippen LogP contribution >= 0.6 is 0 Å². The van der Waals surface area contributed by atoms with Crippen molar-refractivity contribution in [3.63, 3.8) is 0 Å². The summed E-state index contributed by atoms with van der Waals surface area (Å²) in [6.07, 6.45) is 2.11. The van der Waals surface area contributed by atoms with Gasteiger partial charge in [0, 0.05) is 38.3 Å². The molecule has 1 saturated heterocycles. The third-order valence-corrected chi connectivity index (χ3v) is 8.02. The molecule has 0 aromatic heterocycles. The minimum absolute atomic E-state index is 0.0225. The van der Waals surface area contributed by atoms with E-state index in [-0.39, 0.29) is 46.2 Å². The van der Waals surface area contributed by atoms with Crippen LogP contribution in [0.1, 0.15) is 113 Å². The molecule has 1 heterocycles. The lowest BCUT2D eigenvalue weighted by molar-refractivity contribution is -0.263. The number of ketones is 1. The van der Waals surface area contributed by atoms with Crippen molar-refractivity contribution in [3.8, 4) is 0 Å². The van der Waals surface area contributed by atoms with E-state index in [1.54, 1.807) is 6.92 Å². The molecule has 10 nitrogen and oxygen atoms in total. The highest BCUT2D eigenvalue weighted by Gasteiger charge is 2.38. The number of Topliss-reactive ketones (excluding diaryl/α,β-unsaturated/α-hetero) is 1. The molecule has 0 saturated carbocycles. The first-order valence-electron chi connectivity index (χ1n) is 15.6. The van der Waals surface area contributed by atoms with Crippen LogP contribution in [0.4, 0.5) is 0 Å². The molecular formula is C32H60N2O8. The van der Waals surface area contributed by atoms with Crippen molar-refractivity contribution in [3.05, 3.63) is 0 Å². The zero-order valence-corrected chi connectivity index (χ0v) is 27.5. The van der Waals surface area contributed by atoms with E-state index >= 15 is 0 Å². The number of aliphatic hydroxyl groups is 3. The number of carbonyl (C=O) groups is 3. The maximum absolute atomic E-state index is 12.5. The van der Waals surface area contributed by atoms with Crippen molar-refractivity contribution < 1.29 is 39.2 Å². The summed E-state index contributed by atoms with van der Waals surface area (Å²) in [5.74, 6) is 0.122. The molecule has 2 amide bonds. The van der Waals surface area contributed by atoms with E-state index in [1.165, 1.54) is 0 Å². The van der Waals surface area contributed by atoms with Crippen LogP contribution in [-0.4, -0.2) is 83.8 Å². The number of unbranched alkanes of at least 4 members (excludes halogenated alkanes) is 1. The van der Waals surface area contributed by atoms with Gasteiger partial charge in [-0.25, -0.2) is 0 Å². The quantitative estimate of drug-likeness (QED) is 0.133. The average Bonchev–Trinajstić information content (AvgIpc) is 2.86. The standard InChI is InChI=1S/C32H60N2O8/c1-22(29(40)34-16-14-30(3,4)18-23(2)36)11-9-10-15-33-26(38)12-13-31(5,6)20-32(7,8)21-41-27-17-24(37)28(39)25(19-35)42-27/h22,24-25,27-28,35,37,39H,9-21H2,1-8H3,(H,33,38)(H,34,40)/t22-,24+,25+,27?,28+/m0/s1. The van der Waals surface area contributed by atoms with Gasteiger partial charge in [-0.15, -0.1) is 0 Å². The van der Waals surface area contributed by atoms with Crippen molar-refractivity contribution in [2.24, 2.45) is 22.2 Å². The van der Waals surface area contributed by atoms with Crippen LogP contribution < -0.4 is 10.6 Å². The summed E-state index contributed by atoms with van der Waals surface area (Å²) in [4.78, 5) is 36.2. The van der Waals surface area contributed by atoms with E-state index in [9.17, 15) is 29.7 Å². The number of rotatable bonds is 20. The lowest BCUT2D eigenvalue weighted by Gasteiger charge is -2.39. The smallest absolute Gasteiger partial charge is 0.222 e. The summed E-state index contributed by atoms with van der Waals surface area (Å²) >= 11 is 0. The van der Waals surface area contributed by atoms with Gasteiger partial charge in [0.2, 0.25) is 11.8 Å². The first-order valence-corrected chi connectivity index (χ1v) is 15.6. The van der Waals surface area contributed by atoms with Gasteiger partial charge in [0.1, 0.15) is 18.0 Å². The molecule has 0 aromatic carbocycles. The Kier molecular flexibility index (Phi) is 16.1. The summed E-state index contributed by atoms with van der Waals surface area (Å²) in [6, 6.07) is 0. The predicted octanol–water partition coefficient (Wildman–Crippen LogP) is 3.49. The topological polar surface area (TPSA) is 154 Å². The summed E-state index contributed by atoms with van der Waals surface area (Å²) in [6.45, 7) is 17.2. The highest BCUT2D eigenvalue weighted by atomic mass is 16.7. The van der Waals surface area contributed by atoms with E-state index < -0.39 is 31.2 Å². The van der Waals surface area contributed by atoms with Crippen molar-refractivity contribution in [2.45, 2.75) is 138 Å². The second kappa shape index (κ2) is 17.6. The Hall–Kier alpha value is -1.59. The lowest BCUT2D eigenvalue weighted by atomic mass is 9.73. The fourth-order valence-corrected chi connectivity index (χ4v) is 5.86. The Morgan fingerprint density at radius 2 is 1.62 bits per heavy atom. The van der Waals surface area contributed by atoms with Gasteiger partial charge in [0.25, 0.3) is 0 Å². The summed E-state index contributed by atoms with van der Waals surface area (Å²) in [7, 11) is 0. The van der Waals surface area contributed by atoms with Gasteiger partial charge in [0.15, 0.2) is 6.29 Å². The molecule has 1 rings (SSSR count). The number of aliphatic hydroxyl groups excluding tert-OH is 3. The Bertz CT molecular complexity index is 844. The van der Waals surface area contributed by atoms with Crippen LogP contribution in [-0.2, 0) is 23.9 Å². The van der Waals surface area contributed by atoms with Gasteiger partial charge in [-0.3, -0.25) is 9.59 Å². The maximum Gasteiger partial charge on any atom is 0.222 e. The van der Waals surface area contributed by atoms with Crippen molar-refractivity contribution in [2.75, 3.05) is 26.3 Å². The van der Waals surface area contributed by atoms with E-state index in [1.807, 2.05) is 20.8 Å². The van der Waals surface area contributed by atoms with Gasteiger partial charge < -0.3 is 40.2 Å². The second-order valence-corrected chi connectivity index (χ2v) is 14.7. The van der Waals surface area contributed by atoms with Gasteiger partial charge in [-0.2, -0.15) is 0 Å². The van der Waals surface area contributed by atoms with Crippen molar-refractivity contribution in [1.29, 1.82) is 0 Å². The Labute approximate surface area is 253 Å². The first-order chi connectivity index (χ1) is 19.4. The summed E-state index contributed by atoms with van der Waals surface area (Å²) in [5, 5.41) is 35.2. The summed E-state index contributed by atoms with van der Waals surface area (Å²) < 4.78 is 11.5. The minimum Gasteiger partial charge on any atom is -0.394 e. The van der Waals surface area contributed by atoms with Gasteiger partial charge in [-0.05, 0) is 55.3 Å². The Morgan fingerprint density at radius 1 is 0.952 bits per heavy atom. The zero-order valence-electron chi connectivity index (χ0n) is 27.5. The molecule has 0 aliphatic carbocycles. The Balaban J connectivity index is 2.26. The minimum atomic E-state index is -1.13. The molecule has 1 aliphatic heterocycles. The van der Waals surface area contributed by atoms with Crippen LogP contribution in [0.15, 0.2) is 0 Å². The largest absolute Gasteiger partial charge is 0.394 e. The molecule has 5 N–H and O–H groups in total. The molecule has 246 valence electrons. The van der Waals surface area contributed by atoms with Crippen LogP contribution in [0, 0.1) is 22.2 Å². The van der Waals surface area contributed by atoms with Gasteiger partial charge in [-0.1, -0.05) is 54.9 Å². The second-order valence-electron chi connectivity index (χ2n) is 14.7. The SMILES string of the molecule is CC(=O)CC(C)(C)CCNC(=O)[C@@H](C)CCCCNC(=O)CCC(C)(C)CC(C)(C)COC1C[C@@H](O)[C@@H](O)[C@@H](CO)O1. The van der Waals surface area contributed by atoms with Gasteiger partial charge in [0.05, 0.1) is 19.3 Å². The molecule has 42 heavy (non-hydrogen) atoms. The number of hydrogen-bond acceptors (Lipinski definition) is 8. The first kappa shape index (κ1) is 38.4. The maximum atomic E-state index is 12.5. The molecule has 1 unspecified atom stereocenters. The molecule has 0 aromatic rings.